The molecule has 1 aliphatic carbocycles. The lowest BCUT2D eigenvalue weighted by atomic mass is 9.74. The molecule has 134 valence electrons. The lowest BCUT2D eigenvalue weighted by molar-refractivity contribution is -0.130. The number of amides is 2. The van der Waals surface area contributed by atoms with Crippen LogP contribution in [0.2, 0.25) is 0 Å². The van der Waals surface area contributed by atoms with Gasteiger partial charge in [-0.2, -0.15) is 0 Å². The number of rotatable bonds is 4. The minimum atomic E-state index is -0.484. The highest BCUT2D eigenvalue weighted by Gasteiger charge is 2.37. The van der Waals surface area contributed by atoms with Crippen molar-refractivity contribution in [2.75, 3.05) is 11.9 Å². The Morgan fingerprint density at radius 1 is 1.38 bits per heavy atom. The first-order valence-corrected chi connectivity index (χ1v) is 8.71. The van der Waals surface area contributed by atoms with Crippen molar-refractivity contribution in [3.8, 4) is 0 Å². The molecule has 1 aliphatic rings. The number of carbonyl (C=O) groups excluding carboxylic acids is 2. The molecule has 24 heavy (non-hydrogen) atoms. The smallest absolute Gasteiger partial charge is 0.243 e. The van der Waals surface area contributed by atoms with Gasteiger partial charge in [0.25, 0.3) is 0 Å². The first-order chi connectivity index (χ1) is 10.8. The fourth-order valence-electron chi connectivity index (χ4n) is 3.01. The summed E-state index contributed by atoms with van der Waals surface area (Å²) < 4.78 is 0.989. The fourth-order valence-corrected chi connectivity index (χ4v) is 3.25. The number of nitrogens with two attached hydrogens (primary N) is 1. The molecule has 0 bridgehead atoms. The molecule has 5 nitrogen and oxygen atoms in total. The third-order valence-electron chi connectivity index (χ3n) is 4.44. The summed E-state index contributed by atoms with van der Waals surface area (Å²) in [5, 5.41) is 5.50. The maximum absolute atomic E-state index is 12.3. The van der Waals surface area contributed by atoms with Crippen molar-refractivity contribution in [1.29, 1.82) is 0 Å². The van der Waals surface area contributed by atoms with Gasteiger partial charge in [-0.15, -0.1) is 12.4 Å². The molecule has 0 aliphatic heterocycles. The Balaban J connectivity index is 0.00000288. The summed E-state index contributed by atoms with van der Waals surface area (Å²) in [6.07, 6.45) is 3.69. The summed E-state index contributed by atoms with van der Waals surface area (Å²) in [6.45, 7) is 3.83. The Morgan fingerprint density at radius 3 is 2.71 bits per heavy atom. The molecule has 2 rings (SSSR count). The number of carbonyl (C=O) groups is 2. The van der Waals surface area contributed by atoms with Crippen LogP contribution in [0.5, 0.6) is 0 Å². The average molecular weight is 419 g/mol. The molecule has 1 saturated carbocycles. The number of benzene rings is 1. The van der Waals surface area contributed by atoms with Gasteiger partial charge in [0.2, 0.25) is 11.8 Å². The molecule has 2 amide bonds. The van der Waals surface area contributed by atoms with Crippen LogP contribution in [0.1, 0.15) is 38.2 Å². The molecule has 1 aromatic carbocycles. The van der Waals surface area contributed by atoms with Gasteiger partial charge < -0.3 is 16.4 Å². The molecular formula is C17H25BrClN3O2. The second-order valence-electron chi connectivity index (χ2n) is 6.53. The topological polar surface area (TPSA) is 84.2 Å². The van der Waals surface area contributed by atoms with Crippen LogP contribution in [-0.2, 0) is 9.59 Å². The number of aryl methyl sites for hydroxylation is 1. The molecule has 0 saturated heterocycles. The lowest BCUT2D eigenvalue weighted by Gasteiger charge is -2.37. The van der Waals surface area contributed by atoms with Crippen molar-refractivity contribution in [1.82, 2.24) is 5.32 Å². The van der Waals surface area contributed by atoms with Gasteiger partial charge >= 0.3 is 0 Å². The summed E-state index contributed by atoms with van der Waals surface area (Å²) in [4.78, 5) is 24.3. The van der Waals surface area contributed by atoms with E-state index < -0.39 is 5.54 Å². The third kappa shape index (κ3) is 5.46. The molecule has 0 spiro atoms. The quantitative estimate of drug-likeness (QED) is 0.702. The lowest BCUT2D eigenvalue weighted by Crippen LogP contribution is -2.53. The number of hydrogen-bond donors (Lipinski definition) is 3. The third-order valence-corrected chi connectivity index (χ3v) is 5.33. The zero-order valence-corrected chi connectivity index (χ0v) is 16.4. The predicted molar refractivity (Wildman–Crippen MR) is 102 cm³/mol. The highest BCUT2D eigenvalue weighted by atomic mass is 79.9. The van der Waals surface area contributed by atoms with Gasteiger partial charge in [-0.3, -0.25) is 9.59 Å². The van der Waals surface area contributed by atoms with E-state index in [9.17, 15) is 9.59 Å². The standard InChI is InChI=1S/C17H24BrN3O2.ClH/c1-11-9-12(6-7-14(11)18)21-15(22)10-20-16(23)13-5-3-4-8-17(13,2)19;/h6-7,9,13H,3-5,8,10,19H2,1-2H3,(H,20,23)(H,21,22);1H. The van der Waals surface area contributed by atoms with E-state index in [2.05, 4.69) is 26.6 Å². The van der Waals surface area contributed by atoms with Crippen LogP contribution in [-0.4, -0.2) is 23.9 Å². The van der Waals surface area contributed by atoms with Gasteiger partial charge in [-0.05, 0) is 50.5 Å². The second-order valence-corrected chi connectivity index (χ2v) is 7.39. The fraction of sp³-hybridized carbons (Fsp3) is 0.529. The van der Waals surface area contributed by atoms with Crippen molar-refractivity contribution in [2.45, 2.75) is 45.1 Å². The Hall–Kier alpha value is -1.11. The van der Waals surface area contributed by atoms with Gasteiger partial charge in [0, 0.05) is 15.7 Å². The normalized spacial score (nSPS) is 23.1. The van der Waals surface area contributed by atoms with Crippen molar-refractivity contribution >= 4 is 45.8 Å². The van der Waals surface area contributed by atoms with Gasteiger partial charge in [0.1, 0.15) is 0 Å². The monoisotopic (exact) mass is 417 g/mol. The van der Waals surface area contributed by atoms with Crippen LogP contribution in [0.25, 0.3) is 0 Å². The molecule has 1 fully saturated rings. The zero-order chi connectivity index (χ0) is 17.0. The molecule has 0 heterocycles. The van der Waals surface area contributed by atoms with Crippen LogP contribution in [0.3, 0.4) is 0 Å². The Kier molecular flexibility index (Phi) is 7.70. The maximum atomic E-state index is 12.3. The van der Waals surface area contributed by atoms with Crippen molar-refractivity contribution < 1.29 is 9.59 Å². The number of halogens is 2. The van der Waals surface area contributed by atoms with E-state index in [1.54, 1.807) is 0 Å². The van der Waals surface area contributed by atoms with Crippen LogP contribution >= 0.6 is 28.3 Å². The predicted octanol–water partition coefficient (Wildman–Crippen LogP) is 3.14. The van der Waals surface area contributed by atoms with E-state index in [0.29, 0.717) is 5.69 Å². The van der Waals surface area contributed by atoms with E-state index in [1.165, 1.54) is 0 Å². The SMILES string of the molecule is Cc1cc(NC(=O)CNC(=O)C2CCCCC2(C)N)ccc1Br.Cl. The van der Waals surface area contributed by atoms with Gasteiger partial charge in [-0.1, -0.05) is 28.8 Å². The van der Waals surface area contributed by atoms with Crippen molar-refractivity contribution in [2.24, 2.45) is 11.7 Å². The first kappa shape index (κ1) is 20.9. The molecule has 0 radical (unpaired) electrons. The maximum Gasteiger partial charge on any atom is 0.243 e. The number of anilines is 1. The van der Waals surface area contributed by atoms with E-state index in [4.69, 9.17) is 5.73 Å². The molecule has 2 atom stereocenters. The van der Waals surface area contributed by atoms with Gasteiger partial charge in [0.15, 0.2) is 0 Å². The van der Waals surface area contributed by atoms with E-state index >= 15 is 0 Å². The number of nitrogens with one attached hydrogen (secondary N) is 2. The van der Waals surface area contributed by atoms with Gasteiger partial charge in [-0.25, -0.2) is 0 Å². The zero-order valence-electron chi connectivity index (χ0n) is 14.0. The largest absolute Gasteiger partial charge is 0.347 e. The molecule has 0 aromatic heterocycles. The molecule has 7 heteroatoms. The summed E-state index contributed by atoms with van der Waals surface area (Å²) in [6, 6.07) is 5.57. The Labute approximate surface area is 157 Å². The summed E-state index contributed by atoms with van der Waals surface area (Å²) >= 11 is 3.42. The average Bonchev–Trinajstić information content (AvgIpc) is 2.48. The Morgan fingerprint density at radius 2 is 2.08 bits per heavy atom. The number of hydrogen-bond acceptors (Lipinski definition) is 3. The minimum absolute atomic E-state index is 0. The van der Waals surface area contributed by atoms with E-state index in [1.807, 2.05) is 32.0 Å². The van der Waals surface area contributed by atoms with Crippen molar-refractivity contribution in [3.05, 3.63) is 28.2 Å². The summed E-state index contributed by atoms with van der Waals surface area (Å²) in [7, 11) is 0. The molecule has 1 aromatic rings. The highest BCUT2D eigenvalue weighted by Crippen LogP contribution is 2.31. The van der Waals surface area contributed by atoms with Crippen LogP contribution in [0, 0.1) is 12.8 Å². The van der Waals surface area contributed by atoms with E-state index in [-0.39, 0.29) is 36.7 Å². The highest BCUT2D eigenvalue weighted by molar-refractivity contribution is 9.10. The molecule has 2 unspecified atom stereocenters. The van der Waals surface area contributed by atoms with Gasteiger partial charge in [0.05, 0.1) is 12.5 Å². The Bertz CT molecular complexity index is 607. The molecular weight excluding hydrogens is 394 g/mol. The van der Waals surface area contributed by atoms with E-state index in [0.717, 1.165) is 35.7 Å². The minimum Gasteiger partial charge on any atom is -0.347 e. The van der Waals surface area contributed by atoms with Crippen LogP contribution in [0.4, 0.5) is 5.69 Å². The summed E-state index contributed by atoms with van der Waals surface area (Å²) in [5.41, 5.74) is 7.48. The van der Waals surface area contributed by atoms with Crippen LogP contribution in [0.15, 0.2) is 22.7 Å². The second kappa shape index (κ2) is 8.83. The van der Waals surface area contributed by atoms with Crippen LogP contribution < -0.4 is 16.4 Å². The first-order valence-electron chi connectivity index (χ1n) is 7.92. The molecule has 4 N–H and O–H groups in total. The summed E-state index contributed by atoms with van der Waals surface area (Å²) in [5.74, 6) is -0.592. The van der Waals surface area contributed by atoms with Crippen molar-refractivity contribution in [3.63, 3.8) is 0 Å².